The van der Waals surface area contributed by atoms with E-state index in [1.165, 1.54) is 5.56 Å². The normalized spacial score (nSPS) is 10.3. The highest BCUT2D eigenvalue weighted by atomic mass is 16.5. The van der Waals surface area contributed by atoms with Gasteiger partial charge in [-0.3, -0.25) is 0 Å². The lowest BCUT2D eigenvalue weighted by Gasteiger charge is -2.09. The number of hydrogen-bond acceptors (Lipinski definition) is 4. The third kappa shape index (κ3) is 4.55. The fourth-order valence-corrected chi connectivity index (χ4v) is 1.91. The number of rotatable bonds is 7. The van der Waals surface area contributed by atoms with E-state index in [1.54, 1.807) is 0 Å². The van der Waals surface area contributed by atoms with Gasteiger partial charge in [-0.05, 0) is 37.7 Å². The molecule has 0 aliphatic heterocycles. The summed E-state index contributed by atoms with van der Waals surface area (Å²) in [7, 11) is 1.92. The fraction of sp³-hybridized carbons (Fsp3) is 0.312. The van der Waals surface area contributed by atoms with Gasteiger partial charge >= 0.3 is 0 Å². The maximum absolute atomic E-state index is 5.63. The lowest BCUT2D eigenvalue weighted by molar-refractivity contribution is 0.211. The van der Waals surface area contributed by atoms with Crippen LogP contribution >= 0.6 is 0 Å². The summed E-state index contributed by atoms with van der Waals surface area (Å²) in [5, 5.41) is 3.12. The van der Waals surface area contributed by atoms with Gasteiger partial charge in [0, 0.05) is 18.3 Å². The highest BCUT2D eigenvalue weighted by Gasteiger charge is 2.01. The standard InChI is InChI=1S/C16H20N2O2/c1-13-10-14(12-17-2)11-16(18-13)20-9-8-19-15-6-4-3-5-7-15/h3-7,10-11,17H,8-9,12H2,1-2H3. The summed E-state index contributed by atoms with van der Waals surface area (Å²) in [4.78, 5) is 4.36. The minimum atomic E-state index is 0.477. The van der Waals surface area contributed by atoms with Gasteiger partial charge in [-0.1, -0.05) is 18.2 Å². The zero-order chi connectivity index (χ0) is 14.2. The first-order chi connectivity index (χ1) is 9.78. The van der Waals surface area contributed by atoms with Gasteiger partial charge in [0.25, 0.3) is 0 Å². The average molecular weight is 272 g/mol. The van der Waals surface area contributed by atoms with Crippen molar-refractivity contribution in [1.82, 2.24) is 10.3 Å². The first-order valence-electron chi connectivity index (χ1n) is 6.71. The minimum Gasteiger partial charge on any atom is -0.490 e. The summed E-state index contributed by atoms with van der Waals surface area (Å²) in [6, 6.07) is 13.7. The van der Waals surface area contributed by atoms with Crippen LogP contribution in [0, 0.1) is 6.92 Å². The predicted molar refractivity (Wildman–Crippen MR) is 79.2 cm³/mol. The molecule has 20 heavy (non-hydrogen) atoms. The Labute approximate surface area is 119 Å². The Morgan fingerprint density at radius 3 is 2.55 bits per heavy atom. The van der Waals surface area contributed by atoms with Crippen molar-refractivity contribution in [3.05, 3.63) is 53.7 Å². The van der Waals surface area contributed by atoms with E-state index in [2.05, 4.69) is 10.3 Å². The van der Waals surface area contributed by atoms with E-state index < -0.39 is 0 Å². The van der Waals surface area contributed by atoms with E-state index in [1.807, 2.05) is 56.4 Å². The zero-order valence-corrected chi connectivity index (χ0v) is 11.9. The number of aromatic nitrogens is 1. The maximum atomic E-state index is 5.63. The van der Waals surface area contributed by atoms with Crippen molar-refractivity contribution in [3.8, 4) is 11.6 Å². The first-order valence-corrected chi connectivity index (χ1v) is 6.71. The van der Waals surface area contributed by atoms with Crippen molar-refractivity contribution in [3.63, 3.8) is 0 Å². The second-order valence-corrected chi connectivity index (χ2v) is 4.50. The number of hydrogen-bond donors (Lipinski definition) is 1. The molecule has 1 aromatic heterocycles. The summed E-state index contributed by atoms with van der Waals surface area (Å²) in [5.74, 6) is 1.50. The molecule has 4 heteroatoms. The molecule has 0 unspecified atom stereocenters. The molecule has 0 saturated carbocycles. The molecular weight excluding hydrogens is 252 g/mol. The third-order valence-corrected chi connectivity index (χ3v) is 2.72. The van der Waals surface area contributed by atoms with Gasteiger partial charge in [0.15, 0.2) is 0 Å². The number of aryl methyl sites for hydroxylation is 1. The lowest BCUT2D eigenvalue weighted by Crippen LogP contribution is -2.11. The van der Waals surface area contributed by atoms with Crippen LogP contribution in [0.1, 0.15) is 11.3 Å². The molecule has 0 atom stereocenters. The summed E-state index contributed by atoms with van der Waals surface area (Å²) in [6.07, 6.45) is 0. The largest absolute Gasteiger partial charge is 0.490 e. The first kappa shape index (κ1) is 14.3. The smallest absolute Gasteiger partial charge is 0.213 e. The topological polar surface area (TPSA) is 43.4 Å². The molecule has 0 aliphatic carbocycles. The Balaban J connectivity index is 1.81. The Bertz CT molecular complexity index is 529. The van der Waals surface area contributed by atoms with Crippen molar-refractivity contribution in [2.45, 2.75) is 13.5 Å². The van der Waals surface area contributed by atoms with Gasteiger partial charge in [-0.25, -0.2) is 4.98 Å². The van der Waals surface area contributed by atoms with E-state index in [9.17, 15) is 0 Å². The van der Waals surface area contributed by atoms with Crippen LogP contribution in [0.15, 0.2) is 42.5 Å². The zero-order valence-electron chi connectivity index (χ0n) is 11.9. The predicted octanol–water partition coefficient (Wildman–Crippen LogP) is 2.57. The second-order valence-electron chi connectivity index (χ2n) is 4.50. The van der Waals surface area contributed by atoms with E-state index in [-0.39, 0.29) is 0 Å². The quantitative estimate of drug-likeness (QED) is 0.787. The maximum Gasteiger partial charge on any atom is 0.213 e. The monoisotopic (exact) mass is 272 g/mol. The van der Waals surface area contributed by atoms with Gasteiger partial charge in [0.2, 0.25) is 5.88 Å². The third-order valence-electron chi connectivity index (χ3n) is 2.72. The van der Waals surface area contributed by atoms with Crippen molar-refractivity contribution < 1.29 is 9.47 Å². The molecule has 1 aromatic carbocycles. The van der Waals surface area contributed by atoms with Crippen molar-refractivity contribution in [2.24, 2.45) is 0 Å². The van der Waals surface area contributed by atoms with Crippen molar-refractivity contribution in [2.75, 3.05) is 20.3 Å². The molecule has 0 bridgehead atoms. The average Bonchev–Trinajstić information content (AvgIpc) is 2.45. The Hall–Kier alpha value is -2.07. The minimum absolute atomic E-state index is 0.477. The van der Waals surface area contributed by atoms with Crippen molar-refractivity contribution in [1.29, 1.82) is 0 Å². The summed E-state index contributed by atoms with van der Waals surface area (Å²) in [5.41, 5.74) is 2.12. The van der Waals surface area contributed by atoms with Crippen LogP contribution in [-0.2, 0) is 6.54 Å². The molecule has 1 N–H and O–H groups in total. The van der Waals surface area contributed by atoms with Crippen molar-refractivity contribution >= 4 is 0 Å². The Morgan fingerprint density at radius 1 is 1.05 bits per heavy atom. The van der Waals surface area contributed by atoms with E-state index in [0.717, 1.165) is 18.0 Å². The van der Waals surface area contributed by atoms with E-state index in [4.69, 9.17) is 9.47 Å². The number of para-hydroxylation sites is 1. The fourth-order valence-electron chi connectivity index (χ4n) is 1.91. The van der Waals surface area contributed by atoms with Gasteiger partial charge in [-0.2, -0.15) is 0 Å². The van der Waals surface area contributed by atoms with Crippen LogP contribution in [0.25, 0.3) is 0 Å². The molecule has 0 fully saturated rings. The SMILES string of the molecule is CNCc1cc(C)nc(OCCOc2ccccc2)c1. The molecule has 106 valence electrons. The summed E-state index contributed by atoms with van der Waals surface area (Å²) < 4.78 is 11.2. The van der Waals surface area contributed by atoms with Crippen LogP contribution in [-0.4, -0.2) is 25.2 Å². The summed E-state index contributed by atoms with van der Waals surface area (Å²) in [6.45, 7) is 3.75. The number of nitrogens with zero attached hydrogens (tertiary/aromatic N) is 1. The lowest BCUT2D eigenvalue weighted by atomic mass is 10.2. The van der Waals surface area contributed by atoms with Gasteiger partial charge in [0.05, 0.1) is 0 Å². The molecular formula is C16H20N2O2. The van der Waals surface area contributed by atoms with Crippen LogP contribution in [0.4, 0.5) is 0 Å². The summed E-state index contributed by atoms with van der Waals surface area (Å²) >= 11 is 0. The molecule has 0 spiro atoms. The van der Waals surface area contributed by atoms with E-state index >= 15 is 0 Å². The van der Waals surface area contributed by atoms with Gasteiger partial charge < -0.3 is 14.8 Å². The van der Waals surface area contributed by atoms with Crippen LogP contribution < -0.4 is 14.8 Å². The second kappa shape index (κ2) is 7.50. The van der Waals surface area contributed by atoms with Crippen LogP contribution in [0.3, 0.4) is 0 Å². The van der Waals surface area contributed by atoms with Gasteiger partial charge in [-0.15, -0.1) is 0 Å². The molecule has 0 aliphatic rings. The molecule has 0 saturated heterocycles. The number of nitrogens with one attached hydrogen (secondary N) is 1. The molecule has 2 aromatic rings. The number of pyridine rings is 1. The van der Waals surface area contributed by atoms with Gasteiger partial charge in [0.1, 0.15) is 19.0 Å². The molecule has 0 radical (unpaired) electrons. The molecule has 2 rings (SSSR count). The van der Waals surface area contributed by atoms with E-state index in [0.29, 0.717) is 19.1 Å². The number of ether oxygens (including phenoxy) is 2. The van der Waals surface area contributed by atoms with Crippen LogP contribution in [0.2, 0.25) is 0 Å². The van der Waals surface area contributed by atoms with Crippen LogP contribution in [0.5, 0.6) is 11.6 Å². The number of benzene rings is 1. The highest BCUT2D eigenvalue weighted by Crippen LogP contribution is 2.13. The molecule has 1 heterocycles. The molecule has 4 nitrogen and oxygen atoms in total. The Morgan fingerprint density at radius 2 is 1.80 bits per heavy atom. The molecule has 0 amide bonds. The highest BCUT2D eigenvalue weighted by molar-refractivity contribution is 5.24. The Kier molecular flexibility index (Phi) is 5.38.